The molecule has 2 heterocycles. The molecule has 3 rings (SSSR count). The van der Waals surface area contributed by atoms with Crippen molar-refractivity contribution in [3.8, 4) is 5.75 Å². The highest BCUT2D eigenvalue weighted by atomic mass is 19.4. The lowest BCUT2D eigenvalue weighted by Crippen LogP contribution is -2.46. The summed E-state index contributed by atoms with van der Waals surface area (Å²) in [6.07, 6.45) is -6.17. The Hall–Kier alpha value is -2.95. The van der Waals surface area contributed by atoms with Crippen molar-refractivity contribution < 1.29 is 36.2 Å². The summed E-state index contributed by atoms with van der Waals surface area (Å²) in [6, 6.07) is 3.09. The average molecular weight is 517 g/mol. The molecule has 36 heavy (non-hydrogen) atoms. The van der Waals surface area contributed by atoms with E-state index in [1.165, 1.54) is 6.92 Å². The molecule has 1 fully saturated rings. The lowest BCUT2D eigenvalue weighted by Gasteiger charge is -2.32. The Bertz CT molecular complexity index is 1210. The number of rotatable bonds is 6. The molecule has 0 aliphatic carbocycles. The van der Waals surface area contributed by atoms with Crippen LogP contribution >= 0.6 is 0 Å². The van der Waals surface area contributed by atoms with Crippen LogP contribution in [0.4, 0.5) is 22.0 Å². The summed E-state index contributed by atoms with van der Waals surface area (Å²) in [7, 11) is 1.09. The topological polar surface area (TPSA) is 80.4 Å². The zero-order valence-corrected chi connectivity index (χ0v) is 20.8. The van der Waals surface area contributed by atoms with Crippen LogP contribution in [0.25, 0.3) is 0 Å². The van der Waals surface area contributed by atoms with Gasteiger partial charge in [-0.25, -0.2) is 4.39 Å². The number of ether oxygens (including phenoxy) is 2. The SMILES string of the molecule is COc1c([C@H]2[C@H](c3cc(=O)c(CNC(=O)C(C)C)c(C)[nH]3)O[C@@](C)(C(F)(F)F)[C@H]2C)ccc(F)c1F. The van der Waals surface area contributed by atoms with E-state index >= 15 is 0 Å². The smallest absolute Gasteiger partial charge is 0.417 e. The number of carbonyl (C=O) groups excluding carboxylic acids is 1. The van der Waals surface area contributed by atoms with Crippen molar-refractivity contribution in [3.63, 3.8) is 0 Å². The summed E-state index contributed by atoms with van der Waals surface area (Å²) in [6.45, 7) is 7.06. The van der Waals surface area contributed by atoms with Crippen LogP contribution < -0.4 is 15.5 Å². The van der Waals surface area contributed by atoms with Gasteiger partial charge in [-0.2, -0.15) is 17.6 Å². The Kier molecular flexibility index (Phi) is 7.55. The molecule has 11 heteroatoms. The number of H-pyrrole nitrogens is 1. The Labute approximate surface area is 205 Å². The minimum atomic E-state index is -4.80. The summed E-state index contributed by atoms with van der Waals surface area (Å²) in [4.78, 5) is 27.8. The third kappa shape index (κ3) is 4.72. The molecule has 1 aliphatic rings. The predicted molar refractivity (Wildman–Crippen MR) is 122 cm³/mol. The molecule has 2 N–H and O–H groups in total. The third-order valence-corrected chi connectivity index (χ3v) is 6.95. The van der Waals surface area contributed by atoms with Gasteiger partial charge in [0.1, 0.15) is 6.10 Å². The Balaban J connectivity index is 2.14. The standard InChI is InChI=1S/C25H29F5N2O4/c1-11(2)23(34)31-10-15-13(4)32-17(9-18(15)33)22-19(12(3)24(5,36-22)25(28,29)30)14-7-8-16(26)20(27)21(14)35-6/h7-9,11-12,19,22H,10H2,1-6H3,(H,31,34)(H,32,33)/t12-,19-,22-,24+/m0/s1. The summed E-state index contributed by atoms with van der Waals surface area (Å²) < 4.78 is 81.5. The van der Waals surface area contributed by atoms with Crippen molar-refractivity contribution in [3.05, 3.63) is 62.6 Å². The zero-order chi connectivity index (χ0) is 27.2. The first-order valence-electron chi connectivity index (χ1n) is 11.4. The van der Waals surface area contributed by atoms with E-state index in [1.54, 1.807) is 20.8 Å². The fourth-order valence-electron chi connectivity index (χ4n) is 4.57. The number of halogens is 5. The van der Waals surface area contributed by atoms with Gasteiger partial charge in [0.2, 0.25) is 11.7 Å². The van der Waals surface area contributed by atoms with E-state index in [1.807, 2.05) is 0 Å². The van der Waals surface area contributed by atoms with Crippen LogP contribution in [0.15, 0.2) is 23.0 Å². The molecule has 198 valence electrons. The molecule has 0 bridgehead atoms. The van der Waals surface area contributed by atoms with Gasteiger partial charge in [-0.15, -0.1) is 0 Å². The number of benzene rings is 1. The van der Waals surface area contributed by atoms with Crippen molar-refractivity contribution in [1.82, 2.24) is 10.3 Å². The molecule has 6 nitrogen and oxygen atoms in total. The third-order valence-electron chi connectivity index (χ3n) is 6.95. The molecule has 0 radical (unpaired) electrons. The van der Waals surface area contributed by atoms with Gasteiger partial charge in [0.15, 0.2) is 22.6 Å². The molecule has 2 aromatic rings. The molecule has 1 aromatic carbocycles. The number of amides is 1. The first-order chi connectivity index (χ1) is 16.6. The second-order valence-corrected chi connectivity index (χ2v) is 9.51. The van der Waals surface area contributed by atoms with Crippen LogP contribution in [0.3, 0.4) is 0 Å². The van der Waals surface area contributed by atoms with Crippen LogP contribution in [0.2, 0.25) is 0 Å². The summed E-state index contributed by atoms with van der Waals surface area (Å²) in [5, 5.41) is 2.64. The maximum Gasteiger partial charge on any atom is 0.417 e. The summed E-state index contributed by atoms with van der Waals surface area (Å²) >= 11 is 0. The van der Waals surface area contributed by atoms with Gasteiger partial charge >= 0.3 is 6.18 Å². The second-order valence-electron chi connectivity index (χ2n) is 9.51. The van der Waals surface area contributed by atoms with Gasteiger partial charge in [-0.05, 0) is 19.9 Å². The van der Waals surface area contributed by atoms with E-state index in [4.69, 9.17) is 9.47 Å². The molecule has 4 atom stereocenters. The number of pyridine rings is 1. The van der Waals surface area contributed by atoms with E-state index < -0.39 is 52.5 Å². The van der Waals surface area contributed by atoms with Gasteiger partial charge in [0, 0.05) is 52.9 Å². The lowest BCUT2D eigenvalue weighted by molar-refractivity contribution is -0.275. The summed E-state index contributed by atoms with van der Waals surface area (Å²) in [5.41, 5.74) is -2.60. The number of aryl methyl sites for hydroxylation is 1. The number of nitrogens with one attached hydrogen (secondary N) is 2. The number of hydrogen-bond acceptors (Lipinski definition) is 4. The minimum absolute atomic E-state index is 0.0198. The maximum absolute atomic E-state index is 14.5. The van der Waals surface area contributed by atoms with Crippen LogP contribution in [-0.2, 0) is 16.1 Å². The van der Waals surface area contributed by atoms with Crippen LogP contribution in [0.5, 0.6) is 5.75 Å². The van der Waals surface area contributed by atoms with Gasteiger partial charge in [0.05, 0.1) is 7.11 Å². The van der Waals surface area contributed by atoms with Crippen molar-refractivity contribution in [2.75, 3.05) is 7.11 Å². The lowest BCUT2D eigenvalue weighted by atomic mass is 9.76. The monoisotopic (exact) mass is 516 g/mol. The number of carbonyl (C=O) groups is 1. The molecule has 1 aromatic heterocycles. The molecule has 1 amide bonds. The molecule has 0 saturated carbocycles. The number of alkyl halides is 3. The van der Waals surface area contributed by atoms with Crippen molar-refractivity contribution >= 4 is 5.91 Å². The maximum atomic E-state index is 14.5. The fraction of sp³-hybridized carbons (Fsp3) is 0.520. The van der Waals surface area contributed by atoms with Crippen molar-refractivity contribution in [2.45, 2.75) is 65.0 Å². The van der Waals surface area contributed by atoms with Crippen LogP contribution in [0, 0.1) is 30.4 Å². The van der Waals surface area contributed by atoms with Gasteiger partial charge in [-0.3, -0.25) is 9.59 Å². The zero-order valence-electron chi connectivity index (χ0n) is 20.8. The highest BCUT2D eigenvalue weighted by Gasteiger charge is 2.65. The van der Waals surface area contributed by atoms with Crippen LogP contribution in [0.1, 0.15) is 62.2 Å². The molecule has 1 aliphatic heterocycles. The highest BCUT2D eigenvalue weighted by molar-refractivity contribution is 5.77. The number of hydrogen-bond donors (Lipinski definition) is 2. The van der Waals surface area contributed by atoms with E-state index in [2.05, 4.69) is 10.3 Å². The normalized spacial score (nSPS) is 24.3. The Morgan fingerprint density at radius 3 is 2.44 bits per heavy atom. The van der Waals surface area contributed by atoms with Gasteiger partial charge in [-0.1, -0.05) is 26.8 Å². The van der Waals surface area contributed by atoms with Crippen molar-refractivity contribution in [2.24, 2.45) is 11.8 Å². The predicted octanol–water partition coefficient (Wildman–Crippen LogP) is 5.05. The first kappa shape index (κ1) is 27.6. The highest BCUT2D eigenvalue weighted by Crippen LogP contribution is 2.59. The Morgan fingerprint density at radius 2 is 1.92 bits per heavy atom. The van der Waals surface area contributed by atoms with E-state index in [0.29, 0.717) is 5.69 Å². The van der Waals surface area contributed by atoms with E-state index in [9.17, 15) is 31.5 Å². The largest absolute Gasteiger partial charge is 0.493 e. The summed E-state index contributed by atoms with van der Waals surface area (Å²) in [5.74, 6) is -6.06. The average Bonchev–Trinajstić information content (AvgIpc) is 3.06. The van der Waals surface area contributed by atoms with Gasteiger partial charge < -0.3 is 19.8 Å². The minimum Gasteiger partial charge on any atom is -0.493 e. The molecule has 0 spiro atoms. The number of aromatic nitrogens is 1. The van der Waals surface area contributed by atoms with Crippen molar-refractivity contribution in [1.29, 1.82) is 0 Å². The molecular weight excluding hydrogens is 487 g/mol. The number of aromatic amines is 1. The quantitative estimate of drug-likeness (QED) is 0.527. The molecular formula is C25H29F5N2O4. The molecule has 1 saturated heterocycles. The van der Waals surface area contributed by atoms with E-state index in [-0.39, 0.29) is 35.2 Å². The Morgan fingerprint density at radius 1 is 1.28 bits per heavy atom. The second kappa shape index (κ2) is 9.84. The molecule has 0 unspecified atom stereocenters. The number of methoxy groups -OCH3 is 1. The van der Waals surface area contributed by atoms with E-state index in [0.717, 1.165) is 32.2 Å². The first-order valence-corrected chi connectivity index (χ1v) is 11.4. The van der Waals surface area contributed by atoms with Crippen LogP contribution in [-0.4, -0.2) is 29.8 Å². The fourth-order valence-corrected chi connectivity index (χ4v) is 4.57. The van der Waals surface area contributed by atoms with Gasteiger partial charge in [0.25, 0.3) is 0 Å².